The number of hydrogen-bond donors (Lipinski definition) is 1. The highest BCUT2D eigenvalue weighted by Gasteiger charge is 2.28. The molecule has 0 radical (unpaired) electrons. The van der Waals surface area contributed by atoms with Gasteiger partial charge in [-0.05, 0) is 43.5 Å². The number of halogens is 1. The monoisotopic (exact) mass is 253 g/mol. The highest BCUT2D eigenvalue weighted by atomic mass is 35.5. The van der Waals surface area contributed by atoms with E-state index in [2.05, 4.69) is 5.32 Å². The van der Waals surface area contributed by atoms with Crippen molar-refractivity contribution in [1.82, 2.24) is 5.32 Å². The lowest BCUT2D eigenvalue weighted by molar-refractivity contribution is -0.122. The molecule has 1 fully saturated rings. The first-order valence-corrected chi connectivity index (χ1v) is 6.21. The molecule has 1 aliphatic rings. The molecule has 17 heavy (non-hydrogen) atoms. The van der Waals surface area contributed by atoms with Gasteiger partial charge in [-0.2, -0.15) is 0 Å². The van der Waals surface area contributed by atoms with Crippen molar-refractivity contribution in [3.8, 4) is 5.75 Å². The summed E-state index contributed by atoms with van der Waals surface area (Å²) in [5, 5.41) is 3.59. The fourth-order valence-corrected chi connectivity index (χ4v) is 1.66. The lowest BCUT2D eigenvalue weighted by Crippen LogP contribution is -2.29. The fourth-order valence-electron chi connectivity index (χ4n) is 1.54. The number of benzene rings is 1. The molecule has 0 aliphatic heterocycles. The van der Waals surface area contributed by atoms with E-state index in [0.29, 0.717) is 13.2 Å². The lowest BCUT2D eigenvalue weighted by Gasteiger charge is -2.08. The normalized spacial score (nSPS) is 14.5. The largest absolute Gasteiger partial charge is 0.492 e. The Morgan fingerprint density at radius 3 is 2.94 bits per heavy atom. The number of nitrogens with one attached hydrogen (secondary N) is 1. The van der Waals surface area contributed by atoms with Crippen molar-refractivity contribution in [2.24, 2.45) is 5.92 Å². The zero-order chi connectivity index (χ0) is 12.3. The molecule has 0 atom stereocenters. The number of rotatable bonds is 5. The summed E-state index contributed by atoms with van der Waals surface area (Å²) in [6.07, 6.45) is 2.06. The van der Waals surface area contributed by atoms with E-state index in [1.54, 1.807) is 0 Å². The zero-order valence-corrected chi connectivity index (χ0v) is 10.6. The quantitative estimate of drug-likeness (QED) is 0.819. The van der Waals surface area contributed by atoms with Gasteiger partial charge in [-0.1, -0.05) is 11.6 Å². The maximum Gasteiger partial charge on any atom is 0.223 e. The van der Waals surface area contributed by atoms with Crippen LogP contribution in [-0.2, 0) is 4.79 Å². The first-order chi connectivity index (χ1) is 8.16. The number of hydrogen-bond acceptors (Lipinski definition) is 2. The summed E-state index contributed by atoms with van der Waals surface area (Å²) >= 11 is 5.91. The molecule has 92 valence electrons. The Balaban J connectivity index is 1.70. The average molecular weight is 254 g/mol. The maximum atomic E-state index is 11.3. The van der Waals surface area contributed by atoms with Crippen LogP contribution >= 0.6 is 11.6 Å². The molecule has 1 aliphatic carbocycles. The van der Waals surface area contributed by atoms with Gasteiger partial charge in [0.05, 0.1) is 6.54 Å². The highest BCUT2D eigenvalue weighted by molar-refractivity contribution is 6.31. The van der Waals surface area contributed by atoms with Gasteiger partial charge in [0, 0.05) is 10.9 Å². The second kappa shape index (κ2) is 5.41. The van der Waals surface area contributed by atoms with Gasteiger partial charge in [-0.15, -0.1) is 0 Å². The molecule has 1 amide bonds. The molecule has 1 aromatic rings. The van der Waals surface area contributed by atoms with E-state index in [9.17, 15) is 4.79 Å². The Morgan fingerprint density at radius 2 is 2.29 bits per heavy atom. The Labute approximate surface area is 106 Å². The minimum absolute atomic E-state index is 0.154. The molecule has 4 heteroatoms. The molecule has 1 saturated carbocycles. The predicted octanol–water partition coefficient (Wildman–Crippen LogP) is 2.55. The van der Waals surface area contributed by atoms with Gasteiger partial charge in [-0.3, -0.25) is 4.79 Å². The summed E-state index contributed by atoms with van der Waals surface area (Å²) in [5.41, 5.74) is 0.992. The van der Waals surface area contributed by atoms with Crippen LogP contribution in [0.15, 0.2) is 18.2 Å². The molecular formula is C13H16ClNO2. The summed E-state index contributed by atoms with van der Waals surface area (Å²) in [7, 11) is 0. The van der Waals surface area contributed by atoms with Crippen molar-refractivity contribution in [3.05, 3.63) is 28.8 Å². The van der Waals surface area contributed by atoms with E-state index in [1.165, 1.54) is 0 Å². The van der Waals surface area contributed by atoms with Crippen LogP contribution in [0.5, 0.6) is 5.75 Å². The van der Waals surface area contributed by atoms with Crippen molar-refractivity contribution in [2.45, 2.75) is 19.8 Å². The smallest absolute Gasteiger partial charge is 0.223 e. The summed E-state index contributed by atoms with van der Waals surface area (Å²) in [4.78, 5) is 11.3. The van der Waals surface area contributed by atoms with Gasteiger partial charge in [0.25, 0.3) is 0 Å². The molecule has 0 unspecified atom stereocenters. The van der Waals surface area contributed by atoms with Crippen LogP contribution in [-0.4, -0.2) is 19.1 Å². The van der Waals surface area contributed by atoms with Crippen LogP contribution < -0.4 is 10.1 Å². The Bertz CT molecular complexity index is 416. The van der Waals surface area contributed by atoms with Crippen LogP contribution in [0, 0.1) is 12.8 Å². The van der Waals surface area contributed by atoms with Crippen molar-refractivity contribution in [2.75, 3.05) is 13.2 Å². The van der Waals surface area contributed by atoms with E-state index in [1.807, 2.05) is 25.1 Å². The van der Waals surface area contributed by atoms with E-state index in [0.717, 1.165) is 29.2 Å². The van der Waals surface area contributed by atoms with Gasteiger partial charge >= 0.3 is 0 Å². The molecule has 0 bridgehead atoms. The van der Waals surface area contributed by atoms with Crippen molar-refractivity contribution >= 4 is 17.5 Å². The lowest BCUT2D eigenvalue weighted by atomic mass is 10.2. The number of carbonyl (C=O) groups is 1. The summed E-state index contributed by atoms with van der Waals surface area (Å²) in [6.45, 7) is 2.97. The molecular weight excluding hydrogens is 238 g/mol. The third-order valence-corrected chi connectivity index (χ3v) is 3.17. The third kappa shape index (κ3) is 3.63. The van der Waals surface area contributed by atoms with Crippen molar-refractivity contribution in [1.29, 1.82) is 0 Å². The molecule has 1 N–H and O–H groups in total. The molecule has 1 aromatic carbocycles. The van der Waals surface area contributed by atoms with Crippen molar-refractivity contribution in [3.63, 3.8) is 0 Å². The van der Waals surface area contributed by atoms with Crippen LogP contribution in [0.1, 0.15) is 18.4 Å². The topological polar surface area (TPSA) is 38.3 Å². The second-order valence-electron chi connectivity index (χ2n) is 4.32. The number of carbonyl (C=O) groups excluding carboxylic acids is 1. The SMILES string of the molecule is Cc1cc(OCCNC(=O)C2CC2)ccc1Cl. The first-order valence-electron chi connectivity index (χ1n) is 5.83. The van der Waals surface area contributed by atoms with E-state index in [4.69, 9.17) is 16.3 Å². The van der Waals surface area contributed by atoms with Crippen LogP contribution in [0.4, 0.5) is 0 Å². The van der Waals surface area contributed by atoms with Crippen molar-refractivity contribution < 1.29 is 9.53 Å². The molecule has 0 heterocycles. The average Bonchev–Trinajstić information content (AvgIpc) is 3.13. The molecule has 3 nitrogen and oxygen atoms in total. The standard InChI is InChI=1S/C13H16ClNO2/c1-9-8-11(4-5-12(9)14)17-7-6-15-13(16)10-2-3-10/h4-5,8,10H,2-3,6-7H2,1H3,(H,15,16). The van der Waals surface area contributed by atoms with Gasteiger partial charge in [0.15, 0.2) is 0 Å². The number of aryl methyl sites for hydroxylation is 1. The third-order valence-electron chi connectivity index (χ3n) is 2.75. The van der Waals surface area contributed by atoms with Crippen LogP contribution in [0.25, 0.3) is 0 Å². The summed E-state index contributed by atoms with van der Waals surface area (Å²) < 4.78 is 5.52. The number of amides is 1. The van der Waals surface area contributed by atoms with Gasteiger partial charge < -0.3 is 10.1 Å². The van der Waals surface area contributed by atoms with Gasteiger partial charge in [0.1, 0.15) is 12.4 Å². The molecule has 0 spiro atoms. The summed E-state index contributed by atoms with van der Waals surface area (Å²) in [5.74, 6) is 1.20. The number of ether oxygens (including phenoxy) is 1. The first kappa shape index (κ1) is 12.2. The summed E-state index contributed by atoms with van der Waals surface area (Å²) in [6, 6.07) is 5.54. The Kier molecular flexibility index (Phi) is 3.89. The molecule has 0 saturated heterocycles. The van der Waals surface area contributed by atoms with Crippen LogP contribution in [0.3, 0.4) is 0 Å². The van der Waals surface area contributed by atoms with E-state index >= 15 is 0 Å². The zero-order valence-electron chi connectivity index (χ0n) is 9.83. The maximum absolute atomic E-state index is 11.3. The Morgan fingerprint density at radius 1 is 1.53 bits per heavy atom. The second-order valence-corrected chi connectivity index (χ2v) is 4.73. The molecule has 0 aromatic heterocycles. The predicted molar refractivity (Wildman–Crippen MR) is 67.4 cm³/mol. The Hall–Kier alpha value is -1.22. The highest BCUT2D eigenvalue weighted by Crippen LogP contribution is 2.28. The van der Waals surface area contributed by atoms with E-state index in [-0.39, 0.29) is 11.8 Å². The van der Waals surface area contributed by atoms with E-state index < -0.39 is 0 Å². The van der Waals surface area contributed by atoms with Gasteiger partial charge in [0.2, 0.25) is 5.91 Å². The molecule has 2 rings (SSSR count). The minimum Gasteiger partial charge on any atom is -0.492 e. The van der Waals surface area contributed by atoms with Crippen LogP contribution in [0.2, 0.25) is 5.02 Å². The van der Waals surface area contributed by atoms with Gasteiger partial charge in [-0.25, -0.2) is 0 Å². The minimum atomic E-state index is 0.154. The fraction of sp³-hybridized carbons (Fsp3) is 0.462.